The number of guanidine groups is 1. The fraction of sp³-hybridized carbons (Fsp3) is 0.438. The summed E-state index contributed by atoms with van der Waals surface area (Å²) in [4.78, 5) is 8.29. The van der Waals surface area contributed by atoms with Crippen LogP contribution < -0.4 is 10.6 Å². The first-order valence-electron chi connectivity index (χ1n) is 7.66. The summed E-state index contributed by atoms with van der Waals surface area (Å²) in [7, 11) is 1.71. The normalized spacial score (nSPS) is 11.0. The number of nitrogens with one attached hydrogen (secondary N) is 2. The zero-order valence-corrected chi connectivity index (χ0v) is 16.2. The fourth-order valence-corrected chi connectivity index (χ4v) is 2.13. The maximum atomic E-state index is 13.5. The van der Waals surface area contributed by atoms with Gasteiger partial charge in [-0.15, -0.1) is 24.0 Å². The van der Waals surface area contributed by atoms with Crippen LogP contribution in [-0.2, 0) is 12.8 Å². The highest BCUT2D eigenvalue weighted by molar-refractivity contribution is 14.0. The standard InChI is InChI=1S/C16H22FN5O.HI/c1-12-21-15(23-22-12)8-5-10-19-16(18-2)20-11-9-13-6-3-4-7-14(13)17;/h3-4,6-7H,5,8-11H2,1-2H3,(H2,18,19,20);1H. The lowest BCUT2D eigenvalue weighted by molar-refractivity contribution is 0.372. The second kappa shape index (κ2) is 11.0. The van der Waals surface area contributed by atoms with Crippen molar-refractivity contribution < 1.29 is 8.91 Å². The summed E-state index contributed by atoms with van der Waals surface area (Å²) in [6, 6.07) is 6.80. The summed E-state index contributed by atoms with van der Waals surface area (Å²) < 4.78 is 18.6. The van der Waals surface area contributed by atoms with Crippen molar-refractivity contribution >= 4 is 29.9 Å². The van der Waals surface area contributed by atoms with Gasteiger partial charge in [0.05, 0.1) is 0 Å². The van der Waals surface area contributed by atoms with Gasteiger partial charge >= 0.3 is 0 Å². The van der Waals surface area contributed by atoms with Crippen LogP contribution in [0.3, 0.4) is 0 Å². The van der Waals surface area contributed by atoms with Crippen molar-refractivity contribution in [3.63, 3.8) is 0 Å². The smallest absolute Gasteiger partial charge is 0.226 e. The first-order valence-corrected chi connectivity index (χ1v) is 7.66. The van der Waals surface area contributed by atoms with Crippen LogP contribution in [0.1, 0.15) is 23.7 Å². The number of rotatable bonds is 7. The van der Waals surface area contributed by atoms with Crippen LogP contribution in [0.4, 0.5) is 4.39 Å². The van der Waals surface area contributed by atoms with Crippen molar-refractivity contribution in [2.75, 3.05) is 20.1 Å². The molecular formula is C16H23FIN5O. The minimum Gasteiger partial charge on any atom is -0.356 e. The first-order chi connectivity index (χ1) is 11.2. The highest BCUT2D eigenvalue weighted by Gasteiger charge is 2.04. The fourth-order valence-electron chi connectivity index (χ4n) is 2.13. The molecule has 24 heavy (non-hydrogen) atoms. The van der Waals surface area contributed by atoms with Crippen LogP contribution in [0.2, 0.25) is 0 Å². The third kappa shape index (κ3) is 6.81. The van der Waals surface area contributed by atoms with Crippen LogP contribution in [0, 0.1) is 12.7 Å². The van der Waals surface area contributed by atoms with E-state index in [0.717, 1.165) is 19.4 Å². The number of halogens is 2. The zero-order chi connectivity index (χ0) is 16.5. The van der Waals surface area contributed by atoms with Crippen LogP contribution in [0.5, 0.6) is 0 Å². The lowest BCUT2D eigenvalue weighted by Crippen LogP contribution is -2.38. The molecule has 0 aliphatic carbocycles. The summed E-state index contributed by atoms with van der Waals surface area (Å²) in [5.41, 5.74) is 0.696. The van der Waals surface area contributed by atoms with E-state index in [-0.39, 0.29) is 29.8 Å². The van der Waals surface area contributed by atoms with Crippen LogP contribution in [-0.4, -0.2) is 36.2 Å². The molecular weight excluding hydrogens is 424 g/mol. The van der Waals surface area contributed by atoms with E-state index in [2.05, 4.69) is 25.8 Å². The molecule has 8 heteroatoms. The molecule has 2 rings (SSSR count). The Hall–Kier alpha value is -1.71. The molecule has 0 spiro atoms. The predicted octanol–water partition coefficient (Wildman–Crippen LogP) is 2.48. The van der Waals surface area contributed by atoms with Gasteiger partial charge in [-0.05, 0) is 31.4 Å². The van der Waals surface area contributed by atoms with Gasteiger partial charge in [-0.2, -0.15) is 4.98 Å². The van der Waals surface area contributed by atoms with Crippen LogP contribution in [0.15, 0.2) is 33.8 Å². The maximum Gasteiger partial charge on any atom is 0.226 e. The van der Waals surface area contributed by atoms with Gasteiger partial charge in [-0.25, -0.2) is 4.39 Å². The Balaban J connectivity index is 0.00000288. The van der Waals surface area contributed by atoms with Crippen molar-refractivity contribution in [1.82, 2.24) is 20.8 Å². The minimum absolute atomic E-state index is 0. The van der Waals surface area contributed by atoms with Gasteiger partial charge in [0.15, 0.2) is 11.8 Å². The number of aromatic nitrogens is 2. The van der Waals surface area contributed by atoms with E-state index < -0.39 is 0 Å². The van der Waals surface area contributed by atoms with Crippen molar-refractivity contribution in [2.24, 2.45) is 4.99 Å². The maximum absolute atomic E-state index is 13.5. The molecule has 2 aromatic rings. The number of nitrogens with zero attached hydrogens (tertiary/aromatic N) is 3. The topological polar surface area (TPSA) is 75.3 Å². The van der Waals surface area contributed by atoms with Crippen molar-refractivity contribution in [3.05, 3.63) is 47.4 Å². The molecule has 0 amide bonds. The molecule has 0 bridgehead atoms. The summed E-state index contributed by atoms with van der Waals surface area (Å²) in [5, 5.41) is 10.1. The number of benzene rings is 1. The lowest BCUT2D eigenvalue weighted by atomic mass is 10.1. The molecule has 0 unspecified atom stereocenters. The van der Waals surface area contributed by atoms with E-state index in [1.807, 2.05) is 6.07 Å². The summed E-state index contributed by atoms with van der Waals surface area (Å²) in [6.07, 6.45) is 2.18. The summed E-state index contributed by atoms with van der Waals surface area (Å²) >= 11 is 0. The largest absolute Gasteiger partial charge is 0.356 e. The molecule has 0 fully saturated rings. The molecule has 0 aliphatic rings. The van der Waals surface area contributed by atoms with E-state index in [9.17, 15) is 4.39 Å². The molecule has 6 nitrogen and oxygen atoms in total. The van der Waals surface area contributed by atoms with Gasteiger partial charge in [-0.1, -0.05) is 23.4 Å². The van der Waals surface area contributed by atoms with Crippen LogP contribution in [0.25, 0.3) is 0 Å². The monoisotopic (exact) mass is 447 g/mol. The lowest BCUT2D eigenvalue weighted by Gasteiger charge is -2.11. The second-order valence-electron chi connectivity index (χ2n) is 5.11. The number of hydrogen-bond acceptors (Lipinski definition) is 4. The average Bonchev–Trinajstić information content (AvgIpc) is 2.97. The van der Waals surface area contributed by atoms with E-state index in [1.165, 1.54) is 6.07 Å². The molecule has 0 saturated carbocycles. The third-order valence-corrected chi connectivity index (χ3v) is 3.30. The zero-order valence-electron chi connectivity index (χ0n) is 13.9. The molecule has 1 aromatic carbocycles. The Bertz CT molecular complexity index is 647. The Labute approximate surface area is 158 Å². The Morgan fingerprint density at radius 1 is 1.21 bits per heavy atom. The van der Waals surface area contributed by atoms with Crippen LogP contribution >= 0.6 is 24.0 Å². The predicted molar refractivity (Wildman–Crippen MR) is 102 cm³/mol. The Morgan fingerprint density at radius 2 is 1.96 bits per heavy atom. The third-order valence-electron chi connectivity index (χ3n) is 3.30. The van der Waals surface area contributed by atoms with Gasteiger partial charge in [-0.3, -0.25) is 4.99 Å². The number of aliphatic imine (C=N–C) groups is 1. The molecule has 132 valence electrons. The van der Waals surface area contributed by atoms with Crippen molar-refractivity contribution in [2.45, 2.75) is 26.2 Å². The summed E-state index contributed by atoms with van der Waals surface area (Å²) in [5.74, 6) is 1.82. The highest BCUT2D eigenvalue weighted by Crippen LogP contribution is 2.06. The molecule has 0 saturated heterocycles. The minimum atomic E-state index is -0.174. The summed E-state index contributed by atoms with van der Waals surface area (Å²) in [6.45, 7) is 3.15. The van der Waals surface area contributed by atoms with E-state index in [4.69, 9.17) is 4.52 Å². The number of aryl methyl sites for hydroxylation is 2. The molecule has 2 N–H and O–H groups in total. The molecule has 0 atom stereocenters. The second-order valence-corrected chi connectivity index (χ2v) is 5.11. The quantitative estimate of drug-likeness (QED) is 0.295. The Morgan fingerprint density at radius 3 is 2.62 bits per heavy atom. The molecule has 1 aromatic heterocycles. The SMILES string of the molecule is CN=C(NCCCc1nc(C)no1)NCCc1ccccc1F.I. The van der Waals surface area contributed by atoms with E-state index in [1.54, 1.807) is 26.1 Å². The Kier molecular flexibility index (Phi) is 9.28. The number of hydrogen-bond donors (Lipinski definition) is 2. The molecule has 1 heterocycles. The van der Waals surface area contributed by atoms with Gasteiger partial charge in [0.25, 0.3) is 0 Å². The highest BCUT2D eigenvalue weighted by atomic mass is 127. The molecule has 0 radical (unpaired) electrons. The average molecular weight is 447 g/mol. The van der Waals surface area contributed by atoms with E-state index >= 15 is 0 Å². The van der Waals surface area contributed by atoms with E-state index in [0.29, 0.717) is 36.2 Å². The molecule has 0 aliphatic heterocycles. The van der Waals surface area contributed by atoms with Crippen molar-refractivity contribution in [3.8, 4) is 0 Å². The van der Waals surface area contributed by atoms with Gasteiger partial charge in [0.1, 0.15) is 5.82 Å². The van der Waals surface area contributed by atoms with Gasteiger partial charge in [0.2, 0.25) is 5.89 Å². The van der Waals surface area contributed by atoms with Gasteiger partial charge < -0.3 is 15.2 Å². The van der Waals surface area contributed by atoms with Gasteiger partial charge in [0, 0.05) is 26.6 Å². The first kappa shape index (κ1) is 20.3. The van der Waals surface area contributed by atoms with Crippen molar-refractivity contribution in [1.29, 1.82) is 0 Å².